The maximum Gasteiger partial charge on any atom is 0.274 e. The number of amides is 1. The summed E-state index contributed by atoms with van der Waals surface area (Å²) in [5.74, 6) is 0.123. The van der Waals surface area contributed by atoms with E-state index >= 15 is 0 Å². The van der Waals surface area contributed by atoms with Gasteiger partial charge in [0.05, 0.1) is 23.2 Å². The van der Waals surface area contributed by atoms with E-state index in [1.807, 2.05) is 54.3 Å². The fourth-order valence-corrected chi connectivity index (χ4v) is 6.21. The number of sulfone groups is 1. The molecule has 2 aliphatic rings. The van der Waals surface area contributed by atoms with E-state index < -0.39 is 9.84 Å². The van der Waals surface area contributed by atoms with E-state index in [2.05, 4.69) is 17.2 Å². The highest BCUT2D eigenvalue weighted by Crippen LogP contribution is 2.31. The fourth-order valence-electron chi connectivity index (χ4n) is 4.52. The minimum Gasteiger partial charge on any atom is -0.333 e. The molecule has 7 heteroatoms. The number of carbonyl (C=O) groups excluding carboxylic acids is 1. The molecular weight excluding hydrogens is 410 g/mol. The maximum atomic E-state index is 13.3. The van der Waals surface area contributed by atoms with Crippen LogP contribution in [0.1, 0.15) is 39.6 Å². The minimum atomic E-state index is -3.07. The van der Waals surface area contributed by atoms with Crippen LogP contribution in [0, 0.1) is 6.92 Å². The van der Waals surface area contributed by atoms with Crippen molar-refractivity contribution in [2.75, 3.05) is 18.1 Å². The molecule has 0 saturated carbocycles. The highest BCUT2D eigenvalue weighted by atomic mass is 32.2. The van der Waals surface area contributed by atoms with Gasteiger partial charge in [0.25, 0.3) is 5.91 Å². The van der Waals surface area contributed by atoms with Gasteiger partial charge >= 0.3 is 0 Å². The average Bonchev–Trinajstić information content (AvgIpc) is 3.37. The van der Waals surface area contributed by atoms with Crippen LogP contribution in [0.5, 0.6) is 0 Å². The number of benzene rings is 2. The third-order valence-corrected chi connectivity index (χ3v) is 8.02. The molecule has 0 spiro atoms. The van der Waals surface area contributed by atoms with Crippen molar-refractivity contribution < 1.29 is 13.2 Å². The molecular formula is C24H25N3O3S. The summed E-state index contributed by atoms with van der Waals surface area (Å²) >= 11 is 0. The summed E-state index contributed by atoms with van der Waals surface area (Å²) in [6.07, 6.45) is 1.35. The molecule has 0 radical (unpaired) electrons. The van der Waals surface area contributed by atoms with Gasteiger partial charge in [-0.05, 0) is 42.5 Å². The number of nitrogens with zero attached hydrogens (tertiary/aromatic N) is 3. The van der Waals surface area contributed by atoms with Crippen molar-refractivity contribution in [3.8, 4) is 11.3 Å². The smallest absolute Gasteiger partial charge is 0.274 e. The van der Waals surface area contributed by atoms with Crippen molar-refractivity contribution in [2.24, 2.45) is 0 Å². The standard InChI is InChI=1S/C24H25N3O3S/c1-17-6-8-19(9-7-17)23-14-22(25-27(23)21-11-13-31(29,30)16-21)24(28)26-12-10-18-4-2-3-5-20(18)15-26/h2-9,14,21H,10-13,15-16H2,1H3. The number of rotatable bonds is 3. The van der Waals surface area contributed by atoms with Gasteiger partial charge in [-0.15, -0.1) is 0 Å². The zero-order valence-electron chi connectivity index (χ0n) is 17.5. The SMILES string of the molecule is Cc1ccc(-c2cc(C(=O)N3CCc4ccccc4C3)nn2C2CCS(=O)(=O)C2)cc1. The first kappa shape index (κ1) is 20.0. The second-order valence-corrected chi connectivity index (χ2v) is 10.8. The van der Waals surface area contributed by atoms with Crippen LogP contribution in [0.4, 0.5) is 0 Å². The molecule has 31 heavy (non-hydrogen) atoms. The van der Waals surface area contributed by atoms with Gasteiger partial charge in [-0.2, -0.15) is 5.10 Å². The van der Waals surface area contributed by atoms with Crippen molar-refractivity contribution in [1.82, 2.24) is 14.7 Å². The van der Waals surface area contributed by atoms with Crippen molar-refractivity contribution >= 4 is 15.7 Å². The van der Waals surface area contributed by atoms with Crippen molar-refractivity contribution in [3.05, 3.63) is 77.0 Å². The van der Waals surface area contributed by atoms with Crippen LogP contribution in [0.15, 0.2) is 54.6 Å². The van der Waals surface area contributed by atoms with E-state index in [9.17, 15) is 13.2 Å². The Hall–Kier alpha value is -2.93. The number of hydrogen-bond acceptors (Lipinski definition) is 4. The molecule has 2 aromatic carbocycles. The van der Waals surface area contributed by atoms with E-state index in [0.717, 1.165) is 23.2 Å². The topological polar surface area (TPSA) is 72.3 Å². The van der Waals surface area contributed by atoms with Gasteiger partial charge in [0.2, 0.25) is 0 Å². The third kappa shape index (κ3) is 3.90. The predicted molar refractivity (Wildman–Crippen MR) is 120 cm³/mol. The van der Waals surface area contributed by atoms with E-state index in [4.69, 9.17) is 0 Å². The molecule has 1 atom stereocenters. The Labute approximate surface area is 182 Å². The van der Waals surface area contributed by atoms with Crippen LogP contribution in [-0.4, -0.2) is 47.1 Å². The van der Waals surface area contributed by atoms with E-state index in [1.165, 1.54) is 11.1 Å². The van der Waals surface area contributed by atoms with E-state index in [-0.39, 0.29) is 23.5 Å². The molecule has 1 aromatic heterocycles. The van der Waals surface area contributed by atoms with Gasteiger partial charge in [-0.3, -0.25) is 9.48 Å². The van der Waals surface area contributed by atoms with E-state index in [1.54, 1.807) is 4.68 Å². The van der Waals surface area contributed by atoms with Crippen molar-refractivity contribution in [1.29, 1.82) is 0 Å². The second-order valence-electron chi connectivity index (χ2n) is 8.53. The molecule has 1 fully saturated rings. The third-order valence-electron chi connectivity index (χ3n) is 6.27. The highest BCUT2D eigenvalue weighted by molar-refractivity contribution is 7.91. The van der Waals surface area contributed by atoms with Crippen molar-refractivity contribution in [3.63, 3.8) is 0 Å². The lowest BCUT2D eigenvalue weighted by Gasteiger charge is -2.28. The molecule has 3 heterocycles. The number of carbonyl (C=O) groups is 1. The fraction of sp³-hybridized carbons (Fsp3) is 0.333. The van der Waals surface area contributed by atoms with Gasteiger partial charge < -0.3 is 4.90 Å². The predicted octanol–water partition coefficient (Wildman–Crippen LogP) is 3.42. The van der Waals surface area contributed by atoms with Crippen LogP contribution in [0.2, 0.25) is 0 Å². The molecule has 160 valence electrons. The summed E-state index contributed by atoms with van der Waals surface area (Å²) in [6.45, 7) is 3.24. The first-order valence-corrected chi connectivity index (χ1v) is 12.4. The number of fused-ring (bicyclic) bond motifs is 1. The summed E-state index contributed by atoms with van der Waals surface area (Å²) in [7, 11) is -3.07. The lowest BCUT2D eigenvalue weighted by Crippen LogP contribution is -2.36. The average molecular weight is 436 g/mol. The number of hydrogen-bond donors (Lipinski definition) is 0. The monoisotopic (exact) mass is 435 g/mol. The van der Waals surface area contributed by atoms with Gasteiger partial charge in [0.1, 0.15) is 0 Å². The lowest BCUT2D eigenvalue weighted by atomic mass is 10.00. The van der Waals surface area contributed by atoms with Crippen LogP contribution >= 0.6 is 0 Å². The molecule has 6 nitrogen and oxygen atoms in total. The molecule has 0 N–H and O–H groups in total. The van der Waals surface area contributed by atoms with Crippen LogP contribution in [-0.2, 0) is 22.8 Å². The molecule has 2 aliphatic heterocycles. The first-order chi connectivity index (χ1) is 14.9. The largest absolute Gasteiger partial charge is 0.333 e. The zero-order valence-corrected chi connectivity index (χ0v) is 18.3. The molecule has 0 bridgehead atoms. The Balaban J connectivity index is 1.50. The summed E-state index contributed by atoms with van der Waals surface area (Å²) in [5.41, 5.74) is 5.70. The second kappa shape index (κ2) is 7.64. The molecule has 1 unspecified atom stereocenters. The summed E-state index contributed by atoms with van der Waals surface area (Å²) in [6, 6.07) is 17.8. The highest BCUT2D eigenvalue weighted by Gasteiger charge is 2.33. The minimum absolute atomic E-state index is 0.0677. The maximum absolute atomic E-state index is 13.3. The van der Waals surface area contributed by atoms with E-state index in [0.29, 0.717) is 25.2 Å². The Morgan fingerprint density at radius 1 is 1.06 bits per heavy atom. The van der Waals surface area contributed by atoms with Gasteiger partial charge in [0, 0.05) is 13.1 Å². The molecule has 1 saturated heterocycles. The van der Waals surface area contributed by atoms with Crippen molar-refractivity contribution in [2.45, 2.75) is 32.4 Å². The summed E-state index contributed by atoms with van der Waals surface area (Å²) < 4.78 is 26.0. The zero-order chi connectivity index (χ0) is 21.6. The van der Waals surface area contributed by atoms with Gasteiger partial charge in [-0.25, -0.2) is 8.42 Å². The first-order valence-electron chi connectivity index (χ1n) is 10.6. The Morgan fingerprint density at radius 3 is 2.52 bits per heavy atom. The summed E-state index contributed by atoms with van der Waals surface area (Å²) in [5, 5.41) is 4.65. The van der Waals surface area contributed by atoms with Crippen LogP contribution in [0.25, 0.3) is 11.3 Å². The lowest BCUT2D eigenvalue weighted by molar-refractivity contribution is 0.0727. The Bertz CT molecular complexity index is 1250. The normalized spacial score (nSPS) is 19.9. The van der Waals surface area contributed by atoms with Gasteiger partial charge in [-0.1, -0.05) is 54.1 Å². The summed E-state index contributed by atoms with van der Waals surface area (Å²) in [4.78, 5) is 15.2. The quantitative estimate of drug-likeness (QED) is 0.632. The molecule has 3 aromatic rings. The number of aromatic nitrogens is 2. The Morgan fingerprint density at radius 2 is 1.81 bits per heavy atom. The number of aryl methyl sites for hydroxylation is 1. The molecule has 1 amide bonds. The Kier molecular flexibility index (Phi) is 4.93. The molecule has 0 aliphatic carbocycles. The van der Waals surface area contributed by atoms with Crippen LogP contribution < -0.4 is 0 Å². The van der Waals surface area contributed by atoms with Gasteiger partial charge in [0.15, 0.2) is 15.5 Å². The van der Waals surface area contributed by atoms with Crippen LogP contribution in [0.3, 0.4) is 0 Å². The molecule has 5 rings (SSSR count).